The van der Waals surface area contributed by atoms with Gasteiger partial charge in [0.15, 0.2) is 0 Å². The highest BCUT2D eigenvalue weighted by Crippen LogP contribution is 2.31. The van der Waals surface area contributed by atoms with Crippen LogP contribution in [0.3, 0.4) is 0 Å². The fourth-order valence-corrected chi connectivity index (χ4v) is 4.11. The maximum Gasteiger partial charge on any atom is 0.261 e. The molecule has 2 heterocycles. The molecule has 0 unspecified atom stereocenters. The zero-order chi connectivity index (χ0) is 15.9. The number of nitrogens with zero attached hydrogens (tertiary/aromatic N) is 2. The second kappa shape index (κ2) is 7.20. The monoisotopic (exact) mass is 356 g/mol. The number of rotatable bonds is 3. The van der Waals surface area contributed by atoms with Crippen LogP contribution in [0.1, 0.15) is 60.8 Å². The van der Waals surface area contributed by atoms with Crippen molar-refractivity contribution in [1.29, 1.82) is 0 Å². The number of hydrogen-bond acceptors (Lipinski definition) is 4. The van der Waals surface area contributed by atoms with Crippen molar-refractivity contribution in [3.8, 4) is 0 Å². The maximum atomic E-state index is 12.5. The summed E-state index contributed by atoms with van der Waals surface area (Å²) in [4.78, 5) is 14.3. The van der Waals surface area contributed by atoms with E-state index in [1.807, 2.05) is 17.8 Å². The lowest BCUT2D eigenvalue weighted by molar-refractivity contribution is 0.0930. The average molecular weight is 357 g/mol. The van der Waals surface area contributed by atoms with Crippen LogP contribution < -0.4 is 11.1 Å². The van der Waals surface area contributed by atoms with Gasteiger partial charge in [0.1, 0.15) is 4.83 Å². The van der Waals surface area contributed by atoms with E-state index < -0.39 is 0 Å². The maximum absolute atomic E-state index is 12.5. The zero-order valence-corrected chi connectivity index (χ0v) is 15.5. The van der Waals surface area contributed by atoms with Crippen molar-refractivity contribution in [1.82, 2.24) is 15.1 Å². The standard InChI is InChI=1S/C16H24N4OS.ClH/c1-9(2)14-12-8-13(22-16(12)20(3)19-14)15(21)18-11-6-4-10(17)5-7-11;/h8-11H,4-7,17H2,1-3H3,(H,18,21);1H. The minimum absolute atomic E-state index is 0. The molecule has 1 aliphatic carbocycles. The number of halogens is 1. The van der Waals surface area contributed by atoms with Gasteiger partial charge in [-0.25, -0.2) is 0 Å². The fourth-order valence-electron chi connectivity index (χ4n) is 3.12. The van der Waals surface area contributed by atoms with E-state index in [0.29, 0.717) is 12.0 Å². The highest BCUT2D eigenvalue weighted by atomic mass is 35.5. The van der Waals surface area contributed by atoms with Gasteiger partial charge in [0.05, 0.1) is 10.6 Å². The zero-order valence-electron chi connectivity index (χ0n) is 13.8. The number of hydrogen-bond donors (Lipinski definition) is 2. The van der Waals surface area contributed by atoms with Crippen LogP contribution >= 0.6 is 23.7 Å². The molecular weight excluding hydrogens is 332 g/mol. The second-order valence-electron chi connectivity index (χ2n) is 6.58. The van der Waals surface area contributed by atoms with Gasteiger partial charge in [-0.3, -0.25) is 9.48 Å². The molecular formula is C16H25ClN4OS. The number of aryl methyl sites for hydroxylation is 1. The summed E-state index contributed by atoms with van der Waals surface area (Å²) in [6.45, 7) is 4.26. The molecule has 0 radical (unpaired) electrons. The number of fused-ring (bicyclic) bond motifs is 1. The third kappa shape index (κ3) is 3.70. The number of amides is 1. The van der Waals surface area contributed by atoms with E-state index in [9.17, 15) is 4.79 Å². The first kappa shape index (κ1) is 18.2. The molecule has 5 nitrogen and oxygen atoms in total. The average Bonchev–Trinajstić information content (AvgIpc) is 3.02. The lowest BCUT2D eigenvalue weighted by Gasteiger charge is -2.26. The first-order chi connectivity index (χ1) is 10.5. The Kier molecular flexibility index (Phi) is 5.70. The molecule has 3 rings (SSSR count). The van der Waals surface area contributed by atoms with Gasteiger partial charge in [0, 0.05) is 24.5 Å². The molecule has 1 fully saturated rings. The SMILES string of the molecule is CC(C)c1nn(C)c2sc(C(=O)NC3CCC(N)CC3)cc12.Cl. The number of carbonyl (C=O) groups is 1. The molecule has 23 heavy (non-hydrogen) atoms. The van der Waals surface area contributed by atoms with E-state index in [2.05, 4.69) is 24.3 Å². The topological polar surface area (TPSA) is 72.9 Å². The molecule has 0 spiro atoms. The molecule has 2 aromatic heterocycles. The third-order valence-electron chi connectivity index (χ3n) is 4.42. The van der Waals surface area contributed by atoms with Crippen LogP contribution in [0.4, 0.5) is 0 Å². The Morgan fingerprint density at radius 1 is 1.39 bits per heavy atom. The highest BCUT2D eigenvalue weighted by Gasteiger charge is 2.23. The summed E-state index contributed by atoms with van der Waals surface area (Å²) in [5.41, 5.74) is 6.98. The van der Waals surface area contributed by atoms with Gasteiger partial charge in [-0.1, -0.05) is 13.8 Å². The van der Waals surface area contributed by atoms with E-state index in [1.165, 1.54) is 11.3 Å². The van der Waals surface area contributed by atoms with Gasteiger partial charge >= 0.3 is 0 Å². The van der Waals surface area contributed by atoms with E-state index in [4.69, 9.17) is 5.73 Å². The Morgan fingerprint density at radius 3 is 2.65 bits per heavy atom. The Bertz CT molecular complexity index is 686. The molecule has 0 aliphatic heterocycles. The molecule has 0 bridgehead atoms. The molecule has 0 atom stereocenters. The van der Waals surface area contributed by atoms with Gasteiger partial charge < -0.3 is 11.1 Å². The van der Waals surface area contributed by atoms with Crippen molar-refractivity contribution in [2.75, 3.05) is 0 Å². The lowest BCUT2D eigenvalue weighted by Crippen LogP contribution is -2.40. The van der Waals surface area contributed by atoms with E-state index >= 15 is 0 Å². The smallest absolute Gasteiger partial charge is 0.261 e. The molecule has 1 amide bonds. The summed E-state index contributed by atoms with van der Waals surface area (Å²) in [6.07, 6.45) is 3.96. The Hall–Kier alpha value is -1.11. The Labute approximate surface area is 147 Å². The summed E-state index contributed by atoms with van der Waals surface area (Å²) < 4.78 is 1.88. The number of aromatic nitrogens is 2. The van der Waals surface area contributed by atoms with Crippen LogP contribution in [0.5, 0.6) is 0 Å². The van der Waals surface area contributed by atoms with Gasteiger partial charge in [0.25, 0.3) is 5.91 Å². The number of carbonyl (C=O) groups excluding carboxylic acids is 1. The number of nitrogens with one attached hydrogen (secondary N) is 1. The Morgan fingerprint density at radius 2 is 2.04 bits per heavy atom. The van der Waals surface area contributed by atoms with Gasteiger partial charge in [0.2, 0.25) is 0 Å². The van der Waals surface area contributed by atoms with Gasteiger partial charge in [-0.2, -0.15) is 5.10 Å². The molecule has 0 aromatic carbocycles. The van der Waals surface area contributed by atoms with Crippen molar-refractivity contribution in [3.05, 3.63) is 16.6 Å². The van der Waals surface area contributed by atoms with Crippen molar-refractivity contribution < 1.29 is 4.79 Å². The molecule has 1 aliphatic rings. The molecule has 3 N–H and O–H groups in total. The van der Waals surface area contributed by atoms with Crippen molar-refractivity contribution in [2.24, 2.45) is 12.8 Å². The number of nitrogens with two attached hydrogens (primary N) is 1. The quantitative estimate of drug-likeness (QED) is 0.887. The molecule has 0 saturated heterocycles. The van der Waals surface area contributed by atoms with Gasteiger partial charge in [-0.05, 0) is 37.7 Å². The summed E-state index contributed by atoms with van der Waals surface area (Å²) in [5.74, 6) is 0.394. The molecule has 2 aromatic rings. The van der Waals surface area contributed by atoms with Crippen LogP contribution in [0.15, 0.2) is 6.07 Å². The van der Waals surface area contributed by atoms with E-state index in [1.54, 1.807) is 0 Å². The van der Waals surface area contributed by atoms with Crippen LogP contribution in [0.25, 0.3) is 10.2 Å². The minimum atomic E-state index is 0. The summed E-state index contributed by atoms with van der Waals surface area (Å²) in [7, 11) is 1.94. The van der Waals surface area contributed by atoms with Crippen LogP contribution in [-0.2, 0) is 7.05 Å². The molecule has 128 valence electrons. The van der Waals surface area contributed by atoms with Crippen molar-refractivity contribution >= 4 is 39.9 Å². The largest absolute Gasteiger partial charge is 0.349 e. The van der Waals surface area contributed by atoms with Crippen LogP contribution in [-0.4, -0.2) is 27.8 Å². The summed E-state index contributed by atoms with van der Waals surface area (Å²) in [5, 5.41) is 8.83. The summed E-state index contributed by atoms with van der Waals surface area (Å²) in [6, 6.07) is 2.56. The van der Waals surface area contributed by atoms with Crippen molar-refractivity contribution in [2.45, 2.75) is 57.5 Å². The third-order valence-corrected chi connectivity index (χ3v) is 5.62. The lowest BCUT2D eigenvalue weighted by atomic mass is 9.92. The second-order valence-corrected chi connectivity index (χ2v) is 7.61. The van der Waals surface area contributed by atoms with E-state index in [0.717, 1.165) is 46.5 Å². The summed E-state index contributed by atoms with van der Waals surface area (Å²) >= 11 is 1.52. The predicted molar refractivity (Wildman–Crippen MR) is 97.6 cm³/mol. The molecule has 1 saturated carbocycles. The van der Waals surface area contributed by atoms with E-state index in [-0.39, 0.29) is 24.4 Å². The van der Waals surface area contributed by atoms with Crippen LogP contribution in [0.2, 0.25) is 0 Å². The Balaban J connectivity index is 0.00000192. The van der Waals surface area contributed by atoms with Gasteiger partial charge in [-0.15, -0.1) is 23.7 Å². The predicted octanol–water partition coefficient (Wildman–Crippen LogP) is 3.18. The van der Waals surface area contributed by atoms with Crippen LogP contribution in [0, 0.1) is 0 Å². The first-order valence-electron chi connectivity index (χ1n) is 7.98. The normalized spacial score (nSPS) is 21.4. The van der Waals surface area contributed by atoms with Crippen molar-refractivity contribution in [3.63, 3.8) is 0 Å². The molecule has 7 heteroatoms. The fraction of sp³-hybridized carbons (Fsp3) is 0.625. The number of thiophene rings is 1. The first-order valence-corrected chi connectivity index (χ1v) is 8.80. The highest BCUT2D eigenvalue weighted by molar-refractivity contribution is 7.20. The minimum Gasteiger partial charge on any atom is -0.349 e.